The van der Waals surface area contributed by atoms with Gasteiger partial charge in [-0.05, 0) is 26.4 Å². The van der Waals surface area contributed by atoms with Crippen molar-refractivity contribution in [3.63, 3.8) is 0 Å². The van der Waals surface area contributed by atoms with Crippen LogP contribution in [0.2, 0.25) is 0 Å². The van der Waals surface area contributed by atoms with Crippen molar-refractivity contribution in [2.45, 2.75) is 27.2 Å². The molecule has 3 nitrogen and oxygen atoms in total. The van der Waals surface area contributed by atoms with E-state index in [0.717, 1.165) is 19.6 Å². The Labute approximate surface area is 98.8 Å². The van der Waals surface area contributed by atoms with Crippen LogP contribution in [0.15, 0.2) is 24.3 Å². The summed E-state index contributed by atoms with van der Waals surface area (Å²) in [5.74, 6) is -0.228. The second kappa shape index (κ2) is 9.16. The minimum Gasteiger partial charge on any atom is -0.461 e. The summed E-state index contributed by atoms with van der Waals surface area (Å²) in [5.41, 5.74) is 0.652. The molecule has 0 aliphatic heterocycles. The molecule has 0 bridgehead atoms. The van der Waals surface area contributed by atoms with Crippen LogP contribution in [0.3, 0.4) is 0 Å². The molecule has 3 heteroatoms. The highest BCUT2D eigenvalue weighted by molar-refractivity contribution is 5.87. The Kier molecular flexibility index (Phi) is 8.53. The van der Waals surface area contributed by atoms with E-state index in [9.17, 15) is 4.79 Å². The Balaban J connectivity index is 3.84. The zero-order valence-corrected chi connectivity index (χ0v) is 10.7. The maximum absolute atomic E-state index is 11.5. The van der Waals surface area contributed by atoms with Crippen molar-refractivity contribution < 1.29 is 9.53 Å². The second-order valence-electron chi connectivity index (χ2n) is 3.57. The lowest BCUT2D eigenvalue weighted by molar-refractivity contribution is -0.139. The Morgan fingerprint density at radius 2 is 2.00 bits per heavy atom. The number of ether oxygens (including phenoxy) is 1. The highest BCUT2D eigenvalue weighted by Gasteiger charge is 2.05. The molecule has 0 radical (unpaired) electrons. The molecular weight excluding hydrogens is 202 g/mol. The summed E-state index contributed by atoms with van der Waals surface area (Å²) < 4.78 is 5.15. The van der Waals surface area contributed by atoms with Crippen molar-refractivity contribution in [3.05, 3.63) is 24.3 Å². The zero-order valence-electron chi connectivity index (χ0n) is 10.7. The lowest BCUT2D eigenvalue weighted by Crippen LogP contribution is -2.28. The quantitative estimate of drug-likeness (QED) is 0.361. The van der Waals surface area contributed by atoms with Gasteiger partial charge in [-0.25, -0.2) is 4.79 Å². The van der Waals surface area contributed by atoms with Crippen LogP contribution in [-0.4, -0.2) is 37.1 Å². The SMILES string of the molecule is C=CCC=C(C)C(=O)OCCN(CC)CC. The van der Waals surface area contributed by atoms with Crippen molar-refractivity contribution in [2.75, 3.05) is 26.2 Å². The van der Waals surface area contributed by atoms with E-state index in [1.165, 1.54) is 0 Å². The summed E-state index contributed by atoms with van der Waals surface area (Å²) in [6.07, 6.45) is 4.29. The van der Waals surface area contributed by atoms with Gasteiger partial charge in [0.1, 0.15) is 6.61 Å². The molecule has 0 amide bonds. The first-order valence-corrected chi connectivity index (χ1v) is 5.82. The third-order valence-electron chi connectivity index (χ3n) is 2.45. The molecule has 0 saturated carbocycles. The molecular formula is C13H23NO2. The number of allylic oxidation sites excluding steroid dienone is 2. The van der Waals surface area contributed by atoms with Crippen LogP contribution in [0.4, 0.5) is 0 Å². The number of esters is 1. The van der Waals surface area contributed by atoms with E-state index in [1.807, 2.05) is 6.08 Å². The van der Waals surface area contributed by atoms with Crippen molar-refractivity contribution >= 4 is 5.97 Å². The lowest BCUT2D eigenvalue weighted by atomic mass is 10.2. The van der Waals surface area contributed by atoms with Gasteiger partial charge in [-0.15, -0.1) is 6.58 Å². The molecule has 0 N–H and O–H groups in total. The third-order valence-corrected chi connectivity index (χ3v) is 2.45. The van der Waals surface area contributed by atoms with Crippen molar-refractivity contribution in [2.24, 2.45) is 0 Å². The molecule has 16 heavy (non-hydrogen) atoms. The molecule has 0 heterocycles. The van der Waals surface area contributed by atoms with Gasteiger partial charge in [0.2, 0.25) is 0 Å². The molecule has 0 aromatic rings. The Bertz CT molecular complexity index is 242. The van der Waals surface area contributed by atoms with E-state index in [0.29, 0.717) is 18.6 Å². The minimum atomic E-state index is -0.228. The number of carbonyl (C=O) groups is 1. The number of carbonyl (C=O) groups excluding carboxylic acids is 1. The van der Waals surface area contributed by atoms with Gasteiger partial charge in [0.05, 0.1) is 0 Å². The Morgan fingerprint density at radius 1 is 1.38 bits per heavy atom. The summed E-state index contributed by atoms with van der Waals surface area (Å²) in [5, 5.41) is 0. The predicted octanol–water partition coefficient (Wildman–Crippen LogP) is 2.39. The molecule has 0 saturated heterocycles. The monoisotopic (exact) mass is 225 g/mol. The predicted molar refractivity (Wildman–Crippen MR) is 67.3 cm³/mol. The molecule has 0 unspecified atom stereocenters. The average Bonchev–Trinajstić information content (AvgIpc) is 2.31. The fraction of sp³-hybridized carbons (Fsp3) is 0.615. The van der Waals surface area contributed by atoms with Crippen LogP contribution >= 0.6 is 0 Å². The molecule has 0 spiro atoms. The fourth-order valence-corrected chi connectivity index (χ4v) is 1.26. The first-order chi connectivity index (χ1) is 7.65. The van der Waals surface area contributed by atoms with Gasteiger partial charge >= 0.3 is 5.97 Å². The molecule has 0 aliphatic rings. The molecule has 0 aromatic carbocycles. The highest BCUT2D eigenvalue weighted by atomic mass is 16.5. The molecule has 0 fully saturated rings. The van der Waals surface area contributed by atoms with E-state index >= 15 is 0 Å². The van der Waals surface area contributed by atoms with Crippen molar-refractivity contribution in [3.8, 4) is 0 Å². The Morgan fingerprint density at radius 3 is 2.50 bits per heavy atom. The lowest BCUT2D eigenvalue weighted by Gasteiger charge is -2.17. The number of hydrogen-bond acceptors (Lipinski definition) is 3. The maximum atomic E-state index is 11.5. The number of nitrogens with zero attached hydrogens (tertiary/aromatic N) is 1. The van der Waals surface area contributed by atoms with Crippen LogP contribution in [-0.2, 0) is 9.53 Å². The zero-order chi connectivity index (χ0) is 12.4. The normalized spacial score (nSPS) is 11.6. The van der Waals surface area contributed by atoms with Gasteiger partial charge in [-0.1, -0.05) is 26.0 Å². The molecule has 0 aromatic heterocycles. The Hall–Kier alpha value is -1.09. The number of rotatable bonds is 8. The standard InChI is InChI=1S/C13H23NO2/c1-5-8-9-12(4)13(15)16-11-10-14(6-2)7-3/h5,9H,1,6-8,10-11H2,2-4H3. The van der Waals surface area contributed by atoms with Crippen LogP contribution in [0.1, 0.15) is 27.2 Å². The maximum Gasteiger partial charge on any atom is 0.333 e. The molecule has 0 atom stereocenters. The fourth-order valence-electron chi connectivity index (χ4n) is 1.26. The summed E-state index contributed by atoms with van der Waals surface area (Å²) in [6.45, 7) is 12.8. The van der Waals surface area contributed by atoms with Crippen LogP contribution in [0.25, 0.3) is 0 Å². The van der Waals surface area contributed by atoms with Gasteiger partial charge in [0.25, 0.3) is 0 Å². The first-order valence-electron chi connectivity index (χ1n) is 5.82. The van der Waals surface area contributed by atoms with Gasteiger partial charge in [-0.3, -0.25) is 0 Å². The van der Waals surface area contributed by atoms with Crippen molar-refractivity contribution in [1.82, 2.24) is 4.90 Å². The molecule has 0 aliphatic carbocycles. The van der Waals surface area contributed by atoms with Gasteiger partial charge in [0, 0.05) is 12.1 Å². The average molecular weight is 225 g/mol. The topological polar surface area (TPSA) is 29.5 Å². The second-order valence-corrected chi connectivity index (χ2v) is 3.57. The van der Waals surface area contributed by atoms with E-state index in [4.69, 9.17) is 4.74 Å². The highest BCUT2D eigenvalue weighted by Crippen LogP contribution is 1.99. The van der Waals surface area contributed by atoms with Gasteiger partial charge in [-0.2, -0.15) is 0 Å². The first kappa shape index (κ1) is 14.9. The van der Waals surface area contributed by atoms with Crippen LogP contribution in [0, 0.1) is 0 Å². The van der Waals surface area contributed by atoms with Gasteiger partial charge < -0.3 is 9.64 Å². The largest absolute Gasteiger partial charge is 0.461 e. The van der Waals surface area contributed by atoms with Gasteiger partial charge in [0.15, 0.2) is 0 Å². The molecule has 0 rings (SSSR count). The number of likely N-dealkylation sites (N-methyl/N-ethyl adjacent to an activating group) is 1. The summed E-state index contributed by atoms with van der Waals surface area (Å²) in [6, 6.07) is 0. The number of hydrogen-bond donors (Lipinski definition) is 0. The molecule has 92 valence electrons. The van der Waals surface area contributed by atoms with Crippen LogP contribution in [0.5, 0.6) is 0 Å². The summed E-state index contributed by atoms with van der Waals surface area (Å²) >= 11 is 0. The van der Waals surface area contributed by atoms with Crippen molar-refractivity contribution in [1.29, 1.82) is 0 Å². The van der Waals surface area contributed by atoms with Crippen LogP contribution < -0.4 is 0 Å². The third kappa shape index (κ3) is 6.40. The summed E-state index contributed by atoms with van der Waals surface area (Å²) in [7, 11) is 0. The van der Waals surface area contributed by atoms with E-state index in [2.05, 4.69) is 25.3 Å². The smallest absolute Gasteiger partial charge is 0.333 e. The summed E-state index contributed by atoms with van der Waals surface area (Å²) in [4.78, 5) is 13.7. The van der Waals surface area contributed by atoms with E-state index in [1.54, 1.807) is 13.0 Å². The minimum absolute atomic E-state index is 0.228. The van der Waals surface area contributed by atoms with E-state index in [-0.39, 0.29) is 5.97 Å². The van der Waals surface area contributed by atoms with E-state index < -0.39 is 0 Å².